The van der Waals surface area contributed by atoms with Crippen LogP contribution >= 0.6 is 0 Å². The van der Waals surface area contributed by atoms with Gasteiger partial charge in [-0.2, -0.15) is 4.98 Å². The number of hydrogen-bond acceptors (Lipinski definition) is 6. The summed E-state index contributed by atoms with van der Waals surface area (Å²) >= 11 is 0. The van der Waals surface area contributed by atoms with Gasteiger partial charge in [-0.25, -0.2) is 0 Å². The third-order valence-corrected chi connectivity index (χ3v) is 3.30. The van der Waals surface area contributed by atoms with Crippen LogP contribution in [0.3, 0.4) is 0 Å². The van der Waals surface area contributed by atoms with Gasteiger partial charge in [-0.3, -0.25) is 10.1 Å². The van der Waals surface area contributed by atoms with Crippen molar-refractivity contribution < 1.29 is 14.2 Å². The first kappa shape index (κ1) is 14.7. The van der Waals surface area contributed by atoms with Crippen molar-refractivity contribution in [2.24, 2.45) is 0 Å². The van der Waals surface area contributed by atoms with Crippen LogP contribution in [0, 0.1) is 17.0 Å². The smallest absolute Gasteiger partial charge is 0.276 e. The normalized spacial score (nSPS) is 10.5. The van der Waals surface area contributed by atoms with E-state index in [-0.39, 0.29) is 12.3 Å². The van der Waals surface area contributed by atoms with Gasteiger partial charge in [0.05, 0.1) is 10.5 Å². The molecule has 0 spiro atoms. The molecule has 1 heterocycles. The molecule has 23 heavy (non-hydrogen) atoms. The lowest BCUT2D eigenvalue weighted by Gasteiger charge is -2.06. The minimum atomic E-state index is -0.440. The van der Waals surface area contributed by atoms with Gasteiger partial charge in [-0.05, 0) is 25.1 Å². The van der Waals surface area contributed by atoms with Gasteiger partial charge in [0.15, 0.2) is 6.61 Å². The highest BCUT2D eigenvalue weighted by Crippen LogP contribution is 2.27. The van der Waals surface area contributed by atoms with Crippen molar-refractivity contribution in [3.63, 3.8) is 0 Å². The molecular formula is C16H13N3O4. The molecule has 3 rings (SSSR count). The molecule has 0 saturated carbocycles. The number of aromatic nitrogens is 2. The van der Waals surface area contributed by atoms with Crippen LogP contribution in [-0.4, -0.2) is 15.1 Å². The molecule has 0 bridgehead atoms. The molecule has 3 aromatic rings. The molecular weight excluding hydrogens is 298 g/mol. The van der Waals surface area contributed by atoms with Crippen LogP contribution in [0.1, 0.15) is 11.4 Å². The number of nitro benzene ring substituents is 1. The van der Waals surface area contributed by atoms with Gasteiger partial charge in [0.2, 0.25) is 5.82 Å². The van der Waals surface area contributed by atoms with Crippen LogP contribution in [0.2, 0.25) is 0 Å². The zero-order chi connectivity index (χ0) is 16.2. The third-order valence-electron chi connectivity index (χ3n) is 3.30. The molecule has 7 heteroatoms. The average Bonchev–Trinajstić information content (AvgIpc) is 3.03. The number of ether oxygens (including phenoxy) is 1. The van der Waals surface area contributed by atoms with E-state index in [2.05, 4.69) is 10.1 Å². The summed E-state index contributed by atoms with van der Waals surface area (Å²) in [6.07, 6.45) is 0. The third kappa shape index (κ3) is 3.18. The maximum atomic E-state index is 10.9. The van der Waals surface area contributed by atoms with Crippen LogP contribution in [0.25, 0.3) is 11.5 Å². The van der Waals surface area contributed by atoms with Crippen LogP contribution in [0.15, 0.2) is 53.1 Å². The minimum Gasteiger partial charge on any atom is -0.485 e. The van der Waals surface area contributed by atoms with Crippen molar-refractivity contribution in [1.29, 1.82) is 0 Å². The lowest BCUT2D eigenvalue weighted by Crippen LogP contribution is -2.00. The van der Waals surface area contributed by atoms with Gasteiger partial charge < -0.3 is 9.26 Å². The summed E-state index contributed by atoms with van der Waals surface area (Å²) in [4.78, 5) is 14.7. The van der Waals surface area contributed by atoms with E-state index in [0.717, 1.165) is 5.56 Å². The van der Waals surface area contributed by atoms with E-state index in [4.69, 9.17) is 9.26 Å². The lowest BCUT2D eigenvalue weighted by atomic mass is 10.2. The van der Waals surface area contributed by atoms with Crippen molar-refractivity contribution in [3.8, 4) is 17.2 Å². The standard InChI is InChI=1S/C16H13N3O4/c1-11-13(19(20)21)8-5-9-14(11)22-10-15-17-16(23-18-15)12-6-3-2-4-7-12/h2-9H,10H2,1H3. The van der Waals surface area contributed by atoms with Crippen molar-refractivity contribution in [1.82, 2.24) is 10.1 Å². The number of nitro groups is 1. The van der Waals surface area contributed by atoms with Crippen LogP contribution in [0.5, 0.6) is 5.75 Å². The van der Waals surface area contributed by atoms with Crippen molar-refractivity contribution in [2.45, 2.75) is 13.5 Å². The first-order valence-electron chi connectivity index (χ1n) is 6.90. The first-order chi connectivity index (χ1) is 11.1. The molecule has 0 atom stereocenters. The SMILES string of the molecule is Cc1c(OCc2noc(-c3ccccc3)n2)cccc1[N+](=O)[O-]. The molecule has 0 radical (unpaired) electrons. The van der Waals surface area contributed by atoms with E-state index in [9.17, 15) is 10.1 Å². The molecule has 0 aliphatic carbocycles. The Morgan fingerprint density at radius 1 is 1.17 bits per heavy atom. The van der Waals surface area contributed by atoms with Gasteiger partial charge >= 0.3 is 0 Å². The average molecular weight is 311 g/mol. The van der Waals surface area contributed by atoms with Gasteiger partial charge in [-0.1, -0.05) is 29.4 Å². The molecule has 2 aromatic carbocycles. The molecule has 0 aliphatic rings. The van der Waals surface area contributed by atoms with E-state index in [1.54, 1.807) is 19.1 Å². The molecule has 0 unspecified atom stereocenters. The molecule has 0 aliphatic heterocycles. The summed E-state index contributed by atoms with van der Waals surface area (Å²) in [6, 6.07) is 14.1. The highest BCUT2D eigenvalue weighted by Gasteiger charge is 2.15. The van der Waals surface area contributed by atoms with E-state index < -0.39 is 4.92 Å². The zero-order valence-electron chi connectivity index (χ0n) is 12.3. The molecule has 0 amide bonds. The molecule has 116 valence electrons. The quantitative estimate of drug-likeness (QED) is 0.528. The van der Waals surface area contributed by atoms with Gasteiger partial charge in [0, 0.05) is 11.6 Å². The topological polar surface area (TPSA) is 91.3 Å². The molecule has 0 saturated heterocycles. The summed E-state index contributed by atoms with van der Waals surface area (Å²) in [5.74, 6) is 1.19. The Morgan fingerprint density at radius 2 is 1.96 bits per heavy atom. The summed E-state index contributed by atoms with van der Waals surface area (Å²) in [6.45, 7) is 1.71. The fourth-order valence-corrected chi connectivity index (χ4v) is 2.11. The van der Waals surface area contributed by atoms with Gasteiger partial charge in [0.25, 0.3) is 11.6 Å². The Labute approximate surface area is 131 Å². The number of hydrogen-bond donors (Lipinski definition) is 0. The van der Waals surface area contributed by atoms with E-state index in [1.165, 1.54) is 6.07 Å². The van der Waals surface area contributed by atoms with Gasteiger partial charge in [0.1, 0.15) is 5.75 Å². The number of benzene rings is 2. The summed E-state index contributed by atoms with van der Waals surface area (Å²) in [5.41, 5.74) is 1.29. The minimum absolute atomic E-state index is 0.0144. The largest absolute Gasteiger partial charge is 0.485 e. The fraction of sp³-hybridized carbons (Fsp3) is 0.125. The summed E-state index contributed by atoms with van der Waals surface area (Å²) in [5, 5.41) is 14.8. The number of rotatable bonds is 5. The highest BCUT2D eigenvalue weighted by atomic mass is 16.6. The molecule has 0 N–H and O–H groups in total. The second-order valence-electron chi connectivity index (χ2n) is 4.83. The Balaban J connectivity index is 1.74. The monoisotopic (exact) mass is 311 g/mol. The Hall–Kier alpha value is -3.22. The molecule has 7 nitrogen and oxygen atoms in total. The maximum Gasteiger partial charge on any atom is 0.276 e. The van der Waals surface area contributed by atoms with E-state index in [0.29, 0.717) is 23.0 Å². The van der Waals surface area contributed by atoms with Crippen molar-refractivity contribution >= 4 is 5.69 Å². The molecule has 1 aromatic heterocycles. The Morgan fingerprint density at radius 3 is 2.70 bits per heavy atom. The summed E-state index contributed by atoms with van der Waals surface area (Å²) in [7, 11) is 0. The first-order valence-corrected chi connectivity index (χ1v) is 6.90. The predicted octanol–water partition coefficient (Wildman–Crippen LogP) is 3.53. The van der Waals surface area contributed by atoms with Crippen molar-refractivity contribution in [3.05, 3.63) is 70.0 Å². The second kappa shape index (κ2) is 6.27. The lowest BCUT2D eigenvalue weighted by molar-refractivity contribution is -0.385. The summed E-state index contributed by atoms with van der Waals surface area (Å²) < 4.78 is 10.8. The number of nitrogens with zero attached hydrogens (tertiary/aromatic N) is 3. The van der Waals surface area contributed by atoms with Crippen molar-refractivity contribution in [2.75, 3.05) is 0 Å². The van der Waals surface area contributed by atoms with Crippen LogP contribution in [0.4, 0.5) is 5.69 Å². The second-order valence-corrected chi connectivity index (χ2v) is 4.83. The predicted molar refractivity (Wildman–Crippen MR) is 81.9 cm³/mol. The molecule has 0 fully saturated rings. The van der Waals surface area contributed by atoms with Crippen LogP contribution < -0.4 is 4.74 Å². The Bertz CT molecular complexity index is 830. The fourth-order valence-electron chi connectivity index (χ4n) is 2.11. The van der Waals surface area contributed by atoms with E-state index in [1.807, 2.05) is 30.3 Å². The Kier molecular flexibility index (Phi) is 4.01. The van der Waals surface area contributed by atoms with Crippen LogP contribution in [-0.2, 0) is 6.61 Å². The maximum absolute atomic E-state index is 10.9. The highest BCUT2D eigenvalue weighted by molar-refractivity contribution is 5.52. The zero-order valence-corrected chi connectivity index (χ0v) is 12.3. The van der Waals surface area contributed by atoms with E-state index >= 15 is 0 Å². The van der Waals surface area contributed by atoms with Gasteiger partial charge in [-0.15, -0.1) is 0 Å².